The molecule has 2 rings (SSSR count). The summed E-state index contributed by atoms with van der Waals surface area (Å²) in [4.78, 5) is 11.9. The molecule has 0 saturated carbocycles. The zero-order chi connectivity index (χ0) is 17.1. The third-order valence-corrected chi connectivity index (χ3v) is 6.22. The van der Waals surface area contributed by atoms with E-state index in [2.05, 4.69) is 5.32 Å². The second kappa shape index (κ2) is 7.09. The Kier molecular flexibility index (Phi) is 5.57. The van der Waals surface area contributed by atoms with Gasteiger partial charge in [-0.1, -0.05) is 11.6 Å². The molecule has 1 fully saturated rings. The molecule has 1 N–H and O–H groups in total. The highest BCUT2D eigenvalue weighted by atomic mass is 35.5. The molecule has 1 saturated heterocycles. The number of carbonyl (C=O) groups is 1. The maximum Gasteiger partial charge on any atom is 0.220 e. The first kappa shape index (κ1) is 18.1. The molecule has 0 aromatic heterocycles. The number of hydrogen-bond acceptors (Lipinski definition) is 4. The fourth-order valence-corrected chi connectivity index (χ4v) is 4.85. The lowest BCUT2D eigenvalue weighted by atomic mass is 10.0. The van der Waals surface area contributed by atoms with Crippen LogP contribution >= 0.6 is 11.6 Å². The maximum absolute atomic E-state index is 11.9. The molecule has 0 bridgehead atoms. The van der Waals surface area contributed by atoms with Crippen molar-refractivity contribution in [2.45, 2.75) is 38.6 Å². The monoisotopic (exact) mass is 359 g/mol. The molecule has 0 aliphatic carbocycles. The molecule has 0 unspecified atom stereocenters. The molecule has 5 nitrogen and oxygen atoms in total. The van der Waals surface area contributed by atoms with Crippen molar-refractivity contribution in [2.75, 3.05) is 18.1 Å². The molecule has 1 aliphatic rings. The number of hydrogen-bond donors (Lipinski definition) is 1. The predicted octanol–water partition coefficient (Wildman–Crippen LogP) is 2.50. The Hall–Kier alpha value is -1.27. The third kappa shape index (κ3) is 5.39. The molecule has 1 aliphatic heterocycles. The van der Waals surface area contributed by atoms with Crippen LogP contribution in [0.1, 0.15) is 31.7 Å². The number of sulfone groups is 1. The van der Waals surface area contributed by atoms with Crippen LogP contribution in [0.5, 0.6) is 5.75 Å². The average molecular weight is 360 g/mol. The number of carbonyl (C=O) groups excluding carboxylic acids is 1. The third-order valence-electron chi connectivity index (χ3n) is 3.89. The van der Waals surface area contributed by atoms with Gasteiger partial charge in [0.1, 0.15) is 5.75 Å². The molecular weight excluding hydrogens is 338 g/mol. The molecule has 7 heteroatoms. The first-order chi connectivity index (χ1) is 10.7. The highest BCUT2D eigenvalue weighted by Gasteiger charge is 2.39. The summed E-state index contributed by atoms with van der Waals surface area (Å²) in [5, 5.41) is 3.53. The van der Waals surface area contributed by atoms with E-state index in [0.717, 1.165) is 11.3 Å². The van der Waals surface area contributed by atoms with Crippen molar-refractivity contribution in [1.82, 2.24) is 5.32 Å². The van der Waals surface area contributed by atoms with Gasteiger partial charge in [0.05, 0.1) is 23.7 Å². The van der Waals surface area contributed by atoms with E-state index in [9.17, 15) is 13.2 Å². The van der Waals surface area contributed by atoms with Crippen LogP contribution in [0.3, 0.4) is 0 Å². The van der Waals surface area contributed by atoms with Crippen molar-refractivity contribution >= 4 is 27.3 Å². The van der Waals surface area contributed by atoms with E-state index in [-0.39, 0.29) is 17.4 Å². The van der Waals surface area contributed by atoms with Gasteiger partial charge in [0.25, 0.3) is 0 Å². The summed E-state index contributed by atoms with van der Waals surface area (Å²) < 4.78 is 28.6. The van der Waals surface area contributed by atoms with Gasteiger partial charge in [0, 0.05) is 11.4 Å². The summed E-state index contributed by atoms with van der Waals surface area (Å²) in [5.41, 5.74) is 0.307. The van der Waals surface area contributed by atoms with Crippen molar-refractivity contribution in [3.05, 3.63) is 28.8 Å². The number of amides is 1. The van der Waals surface area contributed by atoms with Gasteiger partial charge in [0.2, 0.25) is 5.91 Å². The normalized spacial score (nSPS) is 22.7. The Balaban J connectivity index is 1.72. The maximum atomic E-state index is 11.9. The highest BCUT2D eigenvalue weighted by Crippen LogP contribution is 2.23. The summed E-state index contributed by atoms with van der Waals surface area (Å²) in [6.07, 6.45) is 1.35. The minimum atomic E-state index is -3.02. The van der Waals surface area contributed by atoms with Crippen molar-refractivity contribution in [2.24, 2.45) is 0 Å². The topological polar surface area (TPSA) is 72.5 Å². The van der Waals surface area contributed by atoms with Crippen LogP contribution in [0, 0.1) is 6.92 Å². The number of rotatable bonds is 6. The van der Waals surface area contributed by atoms with E-state index in [4.69, 9.17) is 16.3 Å². The summed E-state index contributed by atoms with van der Waals surface area (Å²) in [6, 6.07) is 5.42. The molecule has 1 heterocycles. The minimum Gasteiger partial charge on any atom is -0.494 e. The zero-order valence-corrected chi connectivity index (χ0v) is 15.0. The molecule has 1 atom stereocenters. The Labute approximate surface area is 142 Å². The van der Waals surface area contributed by atoms with E-state index in [0.29, 0.717) is 30.9 Å². The predicted molar refractivity (Wildman–Crippen MR) is 90.7 cm³/mol. The van der Waals surface area contributed by atoms with E-state index < -0.39 is 15.4 Å². The molecule has 128 valence electrons. The first-order valence-electron chi connectivity index (χ1n) is 7.60. The first-order valence-corrected chi connectivity index (χ1v) is 9.79. The minimum absolute atomic E-state index is 0.0201. The van der Waals surface area contributed by atoms with Crippen molar-refractivity contribution in [3.8, 4) is 5.75 Å². The second-order valence-electron chi connectivity index (χ2n) is 6.31. The number of nitrogens with one attached hydrogen (secondary N) is 1. The summed E-state index contributed by atoms with van der Waals surface area (Å²) in [6.45, 7) is 4.10. The molecule has 1 aromatic rings. The Bertz CT molecular complexity index is 689. The average Bonchev–Trinajstić information content (AvgIpc) is 2.72. The van der Waals surface area contributed by atoms with Gasteiger partial charge < -0.3 is 10.1 Å². The number of benzene rings is 1. The fourth-order valence-electron chi connectivity index (χ4n) is 2.64. The number of halogens is 1. The lowest BCUT2D eigenvalue weighted by Crippen LogP contribution is -2.46. The van der Waals surface area contributed by atoms with Crippen LogP contribution in [0.15, 0.2) is 18.2 Å². The molecular formula is C16H22ClNO4S. The van der Waals surface area contributed by atoms with Crippen LogP contribution in [-0.4, -0.2) is 38.0 Å². The molecule has 0 spiro atoms. The second-order valence-corrected chi connectivity index (χ2v) is 8.91. The quantitative estimate of drug-likeness (QED) is 0.792. The summed E-state index contributed by atoms with van der Waals surface area (Å²) in [5.74, 6) is 0.747. The van der Waals surface area contributed by atoms with Gasteiger partial charge >= 0.3 is 0 Å². The standard InChI is InChI=1S/C16H22ClNO4S/c1-12-10-13(5-6-14(12)17)22-8-3-4-15(19)18-16(2)7-9-23(20,21)11-16/h5-6,10H,3-4,7-9,11H2,1-2H3,(H,18,19)/t16-/m1/s1. The van der Waals surface area contributed by atoms with E-state index >= 15 is 0 Å². The van der Waals surface area contributed by atoms with Gasteiger partial charge in [-0.05, 0) is 50.5 Å². The lowest BCUT2D eigenvalue weighted by Gasteiger charge is -2.23. The van der Waals surface area contributed by atoms with Gasteiger partial charge in [-0.15, -0.1) is 0 Å². The number of ether oxygens (including phenoxy) is 1. The van der Waals surface area contributed by atoms with Crippen molar-refractivity contribution < 1.29 is 17.9 Å². The largest absolute Gasteiger partial charge is 0.494 e. The fraction of sp³-hybridized carbons (Fsp3) is 0.562. The SMILES string of the molecule is Cc1cc(OCCCC(=O)N[C@]2(C)CCS(=O)(=O)C2)ccc1Cl. The van der Waals surface area contributed by atoms with Crippen molar-refractivity contribution in [3.63, 3.8) is 0 Å². The molecule has 0 radical (unpaired) electrons. The van der Waals surface area contributed by atoms with Crippen LogP contribution in [0.2, 0.25) is 5.02 Å². The van der Waals surface area contributed by atoms with E-state index in [1.807, 2.05) is 13.0 Å². The Morgan fingerprint density at radius 3 is 2.78 bits per heavy atom. The summed E-state index contributed by atoms with van der Waals surface area (Å²) in [7, 11) is -3.02. The van der Waals surface area contributed by atoms with Gasteiger partial charge in [-0.25, -0.2) is 8.42 Å². The van der Waals surface area contributed by atoms with Crippen LogP contribution in [-0.2, 0) is 14.6 Å². The van der Waals surface area contributed by atoms with Gasteiger partial charge in [0.15, 0.2) is 9.84 Å². The zero-order valence-electron chi connectivity index (χ0n) is 13.4. The molecule has 1 amide bonds. The lowest BCUT2D eigenvalue weighted by molar-refractivity contribution is -0.122. The van der Waals surface area contributed by atoms with Crippen molar-refractivity contribution in [1.29, 1.82) is 0 Å². The molecule has 1 aromatic carbocycles. The molecule has 23 heavy (non-hydrogen) atoms. The van der Waals surface area contributed by atoms with E-state index in [1.165, 1.54) is 0 Å². The van der Waals surface area contributed by atoms with Crippen LogP contribution in [0.25, 0.3) is 0 Å². The summed E-state index contributed by atoms with van der Waals surface area (Å²) >= 11 is 5.95. The smallest absolute Gasteiger partial charge is 0.220 e. The van der Waals surface area contributed by atoms with Crippen LogP contribution in [0.4, 0.5) is 0 Å². The highest BCUT2D eigenvalue weighted by molar-refractivity contribution is 7.91. The van der Waals surface area contributed by atoms with Crippen LogP contribution < -0.4 is 10.1 Å². The Morgan fingerprint density at radius 2 is 2.17 bits per heavy atom. The van der Waals surface area contributed by atoms with Gasteiger partial charge in [-0.2, -0.15) is 0 Å². The Morgan fingerprint density at radius 1 is 1.43 bits per heavy atom. The van der Waals surface area contributed by atoms with Gasteiger partial charge in [-0.3, -0.25) is 4.79 Å². The number of aryl methyl sites for hydroxylation is 1. The van der Waals surface area contributed by atoms with E-state index in [1.54, 1.807) is 19.1 Å².